The zero-order valence-corrected chi connectivity index (χ0v) is 19.8. The third kappa shape index (κ3) is 6.53. The van der Waals surface area contributed by atoms with E-state index in [9.17, 15) is 39.9 Å². The van der Waals surface area contributed by atoms with E-state index in [1.807, 2.05) is 0 Å². The number of ether oxygens (including phenoxy) is 1. The molecule has 186 valence electrons. The maximum Gasteiger partial charge on any atom is 0.380 e. The van der Waals surface area contributed by atoms with Crippen LogP contribution in [-0.2, 0) is 25.7 Å². The number of esters is 1. The average molecular weight is 477 g/mol. The maximum absolute atomic E-state index is 13.1. The van der Waals surface area contributed by atoms with Crippen molar-refractivity contribution in [3.8, 4) is 0 Å². The summed E-state index contributed by atoms with van der Waals surface area (Å²) in [7, 11) is 0. The van der Waals surface area contributed by atoms with E-state index in [2.05, 4.69) is 0 Å². The van der Waals surface area contributed by atoms with Gasteiger partial charge in [-0.3, -0.25) is 9.59 Å². The fraction of sp³-hybridized carbons (Fsp3) is 0.480. The first-order chi connectivity index (χ1) is 15.6. The van der Waals surface area contributed by atoms with Gasteiger partial charge in [-0.25, -0.2) is 4.79 Å². The smallest absolute Gasteiger partial charge is 0.380 e. The molecule has 2 rings (SSSR count). The molecule has 1 aromatic rings. The number of carbonyl (C=O) groups is 3. The summed E-state index contributed by atoms with van der Waals surface area (Å²) in [5.41, 5.74) is -6.00. The van der Waals surface area contributed by atoms with Crippen molar-refractivity contribution >= 4 is 17.5 Å². The molecule has 1 aliphatic carbocycles. The van der Waals surface area contributed by atoms with Crippen LogP contribution in [0.5, 0.6) is 0 Å². The molecule has 0 spiro atoms. The van der Waals surface area contributed by atoms with E-state index >= 15 is 0 Å². The lowest BCUT2D eigenvalue weighted by atomic mass is 9.75. The van der Waals surface area contributed by atoms with Gasteiger partial charge in [0.25, 0.3) is 5.78 Å². The van der Waals surface area contributed by atoms with Gasteiger partial charge in [-0.05, 0) is 58.9 Å². The van der Waals surface area contributed by atoms with E-state index in [0.717, 1.165) is 0 Å². The van der Waals surface area contributed by atoms with Crippen molar-refractivity contribution in [2.24, 2.45) is 0 Å². The Morgan fingerprint density at radius 2 is 1.53 bits per heavy atom. The fourth-order valence-electron chi connectivity index (χ4n) is 3.42. The standard InChI is InChI=1S/C25H32O9/c1-23(2,31)11-10-16-18(26)17(19(27)22(30)34-14-15-8-6-5-7-9-15)21(29)25(33,20(16)28)13-12-24(3,4)32/h5-9,26,28,31-33H,10-14H2,1-4H3. The van der Waals surface area contributed by atoms with Gasteiger partial charge in [0, 0.05) is 5.57 Å². The van der Waals surface area contributed by atoms with Crippen molar-refractivity contribution in [2.45, 2.75) is 76.8 Å². The molecule has 9 nitrogen and oxygen atoms in total. The first-order valence-electron chi connectivity index (χ1n) is 10.9. The number of aliphatic hydroxyl groups is 5. The Bertz CT molecular complexity index is 1010. The zero-order chi connectivity index (χ0) is 25.9. The number of hydrogen-bond donors (Lipinski definition) is 5. The number of rotatable bonds is 10. The summed E-state index contributed by atoms with van der Waals surface area (Å²) < 4.78 is 4.97. The Morgan fingerprint density at radius 3 is 2.06 bits per heavy atom. The van der Waals surface area contributed by atoms with Crippen molar-refractivity contribution in [3.63, 3.8) is 0 Å². The molecular weight excluding hydrogens is 444 g/mol. The first-order valence-corrected chi connectivity index (χ1v) is 10.9. The van der Waals surface area contributed by atoms with Gasteiger partial charge in [-0.2, -0.15) is 0 Å². The molecule has 0 saturated carbocycles. The molecule has 1 aromatic carbocycles. The summed E-state index contributed by atoms with van der Waals surface area (Å²) in [6.07, 6.45) is -0.865. The Balaban J connectivity index is 2.43. The summed E-state index contributed by atoms with van der Waals surface area (Å²) in [6.45, 7) is 5.56. The zero-order valence-electron chi connectivity index (χ0n) is 19.8. The van der Waals surface area contributed by atoms with Crippen LogP contribution in [0.2, 0.25) is 0 Å². The van der Waals surface area contributed by atoms with Crippen molar-refractivity contribution in [2.75, 3.05) is 0 Å². The highest BCUT2D eigenvalue weighted by Crippen LogP contribution is 2.39. The Morgan fingerprint density at radius 1 is 0.971 bits per heavy atom. The van der Waals surface area contributed by atoms with Crippen molar-refractivity contribution in [1.82, 2.24) is 0 Å². The van der Waals surface area contributed by atoms with Crippen LogP contribution in [0.1, 0.15) is 58.9 Å². The minimum Gasteiger partial charge on any atom is -0.508 e. The van der Waals surface area contributed by atoms with Gasteiger partial charge in [0.15, 0.2) is 5.60 Å². The number of Topliss-reactive ketones (excluding diaryl/α,β-unsaturated/α-hetero) is 2. The Kier molecular flexibility index (Phi) is 8.08. The SMILES string of the molecule is CC(C)(O)CCC1=C(O)C(O)(CCC(C)(C)O)C(=O)C(C(=O)C(=O)OCc2ccccc2)=C1O. The highest BCUT2D eigenvalue weighted by molar-refractivity contribution is 6.48. The van der Waals surface area contributed by atoms with Crippen LogP contribution in [0.25, 0.3) is 0 Å². The van der Waals surface area contributed by atoms with Gasteiger partial charge in [-0.1, -0.05) is 30.3 Å². The molecule has 0 bridgehead atoms. The van der Waals surface area contributed by atoms with Crippen molar-refractivity contribution in [1.29, 1.82) is 0 Å². The summed E-state index contributed by atoms with van der Waals surface area (Å²) >= 11 is 0. The van der Waals surface area contributed by atoms with Crippen molar-refractivity contribution in [3.05, 3.63) is 58.6 Å². The summed E-state index contributed by atoms with van der Waals surface area (Å²) in [4.78, 5) is 38.4. The summed E-state index contributed by atoms with van der Waals surface area (Å²) in [5, 5.41) is 52.7. The van der Waals surface area contributed by atoms with Crippen LogP contribution in [0.3, 0.4) is 0 Å². The predicted octanol–water partition coefficient (Wildman–Crippen LogP) is 2.34. The van der Waals surface area contributed by atoms with E-state index in [1.165, 1.54) is 27.7 Å². The highest BCUT2D eigenvalue weighted by Gasteiger charge is 2.52. The average Bonchev–Trinajstić information content (AvgIpc) is 2.74. The molecule has 0 heterocycles. The third-order valence-corrected chi connectivity index (χ3v) is 5.51. The van der Waals surface area contributed by atoms with Gasteiger partial charge >= 0.3 is 5.97 Å². The number of allylic oxidation sites excluding steroid dienone is 1. The van der Waals surface area contributed by atoms with E-state index in [1.54, 1.807) is 30.3 Å². The molecule has 0 radical (unpaired) electrons. The number of carbonyl (C=O) groups excluding carboxylic acids is 3. The number of ketones is 2. The van der Waals surface area contributed by atoms with Gasteiger partial charge in [-0.15, -0.1) is 0 Å². The lowest BCUT2D eigenvalue weighted by Gasteiger charge is -2.34. The van der Waals surface area contributed by atoms with Gasteiger partial charge in [0.05, 0.1) is 11.2 Å². The predicted molar refractivity (Wildman–Crippen MR) is 122 cm³/mol. The first kappa shape index (κ1) is 27.2. The largest absolute Gasteiger partial charge is 0.508 e. The van der Waals surface area contributed by atoms with Gasteiger partial charge in [0.2, 0.25) is 5.78 Å². The molecule has 5 N–H and O–H groups in total. The highest BCUT2D eigenvalue weighted by atomic mass is 16.5. The lowest BCUT2D eigenvalue weighted by Crippen LogP contribution is -2.48. The van der Waals surface area contributed by atoms with Crippen LogP contribution in [0.15, 0.2) is 53.0 Å². The van der Waals surface area contributed by atoms with Gasteiger partial charge < -0.3 is 30.3 Å². The molecule has 1 aliphatic rings. The minimum absolute atomic E-state index is 0.00780. The molecule has 1 unspecified atom stereocenters. The number of benzene rings is 1. The van der Waals surface area contributed by atoms with Crippen LogP contribution in [0, 0.1) is 0 Å². The summed E-state index contributed by atoms with van der Waals surface area (Å²) in [5.74, 6) is -6.13. The molecule has 0 amide bonds. The number of hydrogen-bond acceptors (Lipinski definition) is 9. The topological polar surface area (TPSA) is 162 Å². The van der Waals surface area contributed by atoms with Crippen LogP contribution < -0.4 is 0 Å². The second kappa shape index (κ2) is 10.1. The Labute approximate surface area is 198 Å². The van der Waals surface area contributed by atoms with Crippen molar-refractivity contribution < 1.29 is 44.7 Å². The van der Waals surface area contributed by atoms with Crippen LogP contribution in [0.4, 0.5) is 0 Å². The summed E-state index contributed by atoms with van der Waals surface area (Å²) in [6, 6.07) is 8.48. The molecule has 1 atom stereocenters. The van der Waals surface area contributed by atoms with E-state index < -0.39 is 57.9 Å². The molecule has 0 fully saturated rings. The van der Waals surface area contributed by atoms with Crippen LogP contribution >= 0.6 is 0 Å². The van der Waals surface area contributed by atoms with Gasteiger partial charge in [0.1, 0.15) is 23.7 Å². The van der Waals surface area contributed by atoms with E-state index in [4.69, 9.17) is 4.74 Å². The minimum atomic E-state index is -2.66. The molecule has 9 heteroatoms. The normalized spacial score (nSPS) is 19.4. The molecule has 0 saturated heterocycles. The maximum atomic E-state index is 13.1. The quantitative estimate of drug-likeness (QED) is 0.194. The van der Waals surface area contributed by atoms with E-state index in [-0.39, 0.29) is 31.4 Å². The molecule has 0 aliphatic heterocycles. The third-order valence-electron chi connectivity index (χ3n) is 5.51. The fourth-order valence-corrected chi connectivity index (χ4v) is 3.42. The second-order valence-corrected chi connectivity index (χ2v) is 9.76. The Hall–Kier alpha value is -3.01. The molecule has 0 aromatic heterocycles. The van der Waals surface area contributed by atoms with E-state index in [0.29, 0.717) is 5.56 Å². The second-order valence-electron chi connectivity index (χ2n) is 9.76. The number of aliphatic hydroxyl groups excluding tert-OH is 2. The molecular formula is C25H32O9. The van der Waals surface area contributed by atoms with Crippen LogP contribution in [-0.4, -0.2) is 59.9 Å². The monoisotopic (exact) mass is 476 g/mol. The lowest BCUT2D eigenvalue weighted by molar-refractivity contribution is -0.154. The molecule has 34 heavy (non-hydrogen) atoms.